The summed E-state index contributed by atoms with van der Waals surface area (Å²) in [6.45, 7) is 9.26. The fraction of sp³-hybridized carbons (Fsp3) is 0.348. The lowest BCUT2D eigenvalue weighted by Crippen LogP contribution is -2.40. The smallest absolute Gasteiger partial charge is 0.0816 e. The van der Waals surface area contributed by atoms with Gasteiger partial charge in [-0.05, 0) is 43.5 Å². The zero-order valence-corrected chi connectivity index (χ0v) is 15.9. The summed E-state index contributed by atoms with van der Waals surface area (Å²) >= 11 is 0. The fourth-order valence-corrected chi connectivity index (χ4v) is 4.02. The highest BCUT2D eigenvalue weighted by atomic mass is 15.5. The number of benzene rings is 2. The second-order valence-corrected chi connectivity index (χ2v) is 7.41. The molecule has 2 unspecified atom stereocenters. The van der Waals surface area contributed by atoms with Gasteiger partial charge in [0, 0.05) is 25.6 Å². The normalized spacial score (nSPS) is 23.9. The maximum Gasteiger partial charge on any atom is 0.0816 e. The monoisotopic (exact) mass is 345 g/mol. The van der Waals surface area contributed by atoms with Gasteiger partial charge in [-0.15, -0.1) is 0 Å². The highest BCUT2D eigenvalue weighted by Crippen LogP contribution is 2.38. The van der Waals surface area contributed by atoms with Crippen molar-refractivity contribution < 1.29 is 0 Å². The van der Waals surface area contributed by atoms with Gasteiger partial charge in [-0.3, -0.25) is 5.01 Å². The summed E-state index contributed by atoms with van der Waals surface area (Å²) in [5.41, 5.74) is 7.78. The van der Waals surface area contributed by atoms with E-state index in [4.69, 9.17) is 5.10 Å². The van der Waals surface area contributed by atoms with Crippen molar-refractivity contribution in [2.45, 2.75) is 26.8 Å². The third kappa shape index (κ3) is 3.19. The molecule has 1 N–H and O–H groups in total. The van der Waals surface area contributed by atoms with E-state index in [1.807, 2.05) is 0 Å². The molecule has 0 aromatic heterocycles. The van der Waals surface area contributed by atoms with Crippen molar-refractivity contribution in [2.75, 3.05) is 19.6 Å². The molecule has 2 aromatic carbocycles. The standard InChI is InChI=1S/C23H27N3/c1-4-26-23(19-11-7-17(3)8-12-19)21-15-24-14-20(22(21)25-26)13-18-9-5-16(2)6-10-18/h5-13,21,23-24H,4,14-15H2,1-3H3/b20-13+. The van der Waals surface area contributed by atoms with Crippen LogP contribution in [-0.2, 0) is 0 Å². The average molecular weight is 345 g/mol. The molecule has 3 heteroatoms. The van der Waals surface area contributed by atoms with Crippen molar-refractivity contribution in [1.29, 1.82) is 0 Å². The summed E-state index contributed by atoms with van der Waals surface area (Å²) in [4.78, 5) is 0. The van der Waals surface area contributed by atoms with Crippen LogP contribution in [0.3, 0.4) is 0 Å². The van der Waals surface area contributed by atoms with E-state index in [-0.39, 0.29) is 0 Å². The van der Waals surface area contributed by atoms with Crippen LogP contribution < -0.4 is 5.32 Å². The van der Waals surface area contributed by atoms with E-state index in [1.165, 1.54) is 33.5 Å². The number of hydrogen-bond donors (Lipinski definition) is 1. The predicted octanol–water partition coefficient (Wildman–Crippen LogP) is 4.34. The maximum atomic E-state index is 5.05. The molecule has 0 saturated carbocycles. The van der Waals surface area contributed by atoms with Gasteiger partial charge in [0.1, 0.15) is 0 Å². The van der Waals surface area contributed by atoms with Crippen LogP contribution in [0.15, 0.2) is 59.2 Å². The molecule has 0 spiro atoms. The predicted molar refractivity (Wildman–Crippen MR) is 109 cm³/mol. The van der Waals surface area contributed by atoms with Crippen molar-refractivity contribution in [3.8, 4) is 0 Å². The Morgan fingerprint density at radius 3 is 2.35 bits per heavy atom. The molecule has 3 nitrogen and oxygen atoms in total. The quantitative estimate of drug-likeness (QED) is 0.896. The van der Waals surface area contributed by atoms with E-state index in [0.717, 1.165) is 19.6 Å². The topological polar surface area (TPSA) is 27.6 Å². The summed E-state index contributed by atoms with van der Waals surface area (Å²) in [7, 11) is 0. The zero-order chi connectivity index (χ0) is 18.1. The van der Waals surface area contributed by atoms with Gasteiger partial charge >= 0.3 is 0 Å². The minimum Gasteiger partial charge on any atom is -0.312 e. The van der Waals surface area contributed by atoms with Crippen molar-refractivity contribution in [3.63, 3.8) is 0 Å². The molecule has 2 aliphatic heterocycles. The summed E-state index contributed by atoms with van der Waals surface area (Å²) in [5.74, 6) is 0.406. The first-order chi connectivity index (χ1) is 12.7. The van der Waals surface area contributed by atoms with E-state index < -0.39 is 0 Å². The molecule has 2 heterocycles. The van der Waals surface area contributed by atoms with Crippen molar-refractivity contribution in [2.24, 2.45) is 11.0 Å². The molecule has 0 radical (unpaired) electrons. The molecule has 0 bridgehead atoms. The van der Waals surface area contributed by atoms with Gasteiger partial charge in [-0.2, -0.15) is 5.10 Å². The van der Waals surface area contributed by atoms with Gasteiger partial charge in [-0.1, -0.05) is 59.7 Å². The molecule has 0 aliphatic carbocycles. The van der Waals surface area contributed by atoms with Crippen LogP contribution >= 0.6 is 0 Å². The van der Waals surface area contributed by atoms with Gasteiger partial charge in [-0.25, -0.2) is 0 Å². The Labute approximate surface area is 156 Å². The molecule has 0 amide bonds. The van der Waals surface area contributed by atoms with E-state index in [2.05, 4.69) is 85.7 Å². The highest BCUT2D eigenvalue weighted by Gasteiger charge is 2.40. The Morgan fingerprint density at radius 2 is 1.69 bits per heavy atom. The van der Waals surface area contributed by atoms with Crippen LogP contribution in [0.2, 0.25) is 0 Å². The second-order valence-electron chi connectivity index (χ2n) is 7.41. The van der Waals surface area contributed by atoms with Crippen LogP contribution in [0.5, 0.6) is 0 Å². The summed E-state index contributed by atoms with van der Waals surface area (Å²) in [5, 5.41) is 10.9. The molecule has 1 fully saturated rings. The van der Waals surface area contributed by atoms with E-state index in [0.29, 0.717) is 12.0 Å². The molecule has 2 atom stereocenters. The molecule has 4 rings (SSSR count). The van der Waals surface area contributed by atoms with Crippen LogP contribution in [0.25, 0.3) is 6.08 Å². The summed E-state index contributed by atoms with van der Waals surface area (Å²) < 4.78 is 0. The third-order valence-electron chi connectivity index (χ3n) is 5.46. The van der Waals surface area contributed by atoms with Gasteiger partial charge in [0.25, 0.3) is 0 Å². The van der Waals surface area contributed by atoms with E-state index in [1.54, 1.807) is 0 Å². The first kappa shape index (κ1) is 17.0. The Hall–Kier alpha value is -2.39. The number of piperidine rings is 1. The van der Waals surface area contributed by atoms with Crippen LogP contribution in [0.4, 0.5) is 0 Å². The number of hydrazone groups is 1. The van der Waals surface area contributed by atoms with Gasteiger partial charge in [0.05, 0.1) is 11.8 Å². The molecule has 134 valence electrons. The first-order valence-corrected chi connectivity index (χ1v) is 9.55. The molecule has 1 saturated heterocycles. The lowest BCUT2D eigenvalue weighted by Gasteiger charge is -2.30. The van der Waals surface area contributed by atoms with Gasteiger partial charge in [0.15, 0.2) is 0 Å². The Balaban J connectivity index is 1.68. The zero-order valence-electron chi connectivity index (χ0n) is 15.9. The van der Waals surface area contributed by atoms with Crippen molar-refractivity contribution in [3.05, 3.63) is 76.4 Å². The number of hydrogen-bond acceptors (Lipinski definition) is 3. The lowest BCUT2D eigenvalue weighted by molar-refractivity contribution is 0.211. The number of nitrogens with one attached hydrogen (secondary N) is 1. The minimum atomic E-state index is 0.324. The molecule has 2 aromatic rings. The molecule has 2 aliphatic rings. The number of nitrogens with zero attached hydrogens (tertiary/aromatic N) is 2. The molecular formula is C23H27N3. The molecule has 26 heavy (non-hydrogen) atoms. The minimum absolute atomic E-state index is 0.324. The second kappa shape index (κ2) is 7.08. The highest BCUT2D eigenvalue weighted by molar-refractivity contribution is 6.07. The number of rotatable bonds is 3. The SMILES string of the molecule is CCN1N=C2/C(=C/c3ccc(C)cc3)CNCC2C1c1ccc(C)cc1. The molecular weight excluding hydrogens is 318 g/mol. The van der Waals surface area contributed by atoms with Crippen LogP contribution in [0.1, 0.15) is 35.2 Å². The summed E-state index contributed by atoms with van der Waals surface area (Å²) in [6.07, 6.45) is 2.29. The van der Waals surface area contributed by atoms with Crippen molar-refractivity contribution >= 4 is 11.8 Å². The first-order valence-electron chi connectivity index (χ1n) is 9.55. The Kier molecular flexibility index (Phi) is 4.64. The maximum absolute atomic E-state index is 5.05. The Bertz CT molecular complexity index is 831. The fourth-order valence-electron chi connectivity index (χ4n) is 4.02. The number of aryl methyl sites for hydroxylation is 2. The lowest BCUT2D eigenvalue weighted by atomic mass is 9.84. The third-order valence-corrected chi connectivity index (χ3v) is 5.46. The Morgan fingerprint density at radius 1 is 1.04 bits per heavy atom. The van der Waals surface area contributed by atoms with E-state index in [9.17, 15) is 0 Å². The van der Waals surface area contributed by atoms with Gasteiger partial charge < -0.3 is 5.32 Å². The van der Waals surface area contributed by atoms with E-state index >= 15 is 0 Å². The van der Waals surface area contributed by atoms with Crippen molar-refractivity contribution in [1.82, 2.24) is 10.3 Å². The summed E-state index contributed by atoms with van der Waals surface area (Å²) in [6, 6.07) is 18.0. The van der Waals surface area contributed by atoms with Crippen LogP contribution in [-0.4, -0.2) is 30.4 Å². The number of fused-ring (bicyclic) bond motifs is 1. The van der Waals surface area contributed by atoms with Crippen LogP contribution in [0, 0.1) is 19.8 Å². The largest absolute Gasteiger partial charge is 0.312 e. The average Bonchev–Trinajstić information content (AvgIpc) is 3.04. The van der Waals surface area contributed by atoms with Gasteiger partial charge in [0.2, 0.25) is 0 Å².